The second kappa shape index (κ2) is 3.72. The Labute approximate surface area is 68.4 Å². The minimum atomic E-state index is -0.491. The number of rotatable bonds is 2. The van der Waals surface area contributed by atoms with E-state index < -0.39 is 5.60 Å². The van der Waals surface area contributed by atoms with E-state index in [0.717, 1.165) is 32.1 Å². The van der Waals surface area contributed by atoms with Gasteiger partial charge in [-0.05, 0) is 32.1 Å². The van der Waals surface area contributed by atoms with Gasteiger partial charge < -0.3 is 5.11 Å². The second-order valence-corrected chi connectivity index (χ2v) is 3.28. The molecule has 1 aliphatic rings. The molecule has 1 atom stereocenters. The van der Waals surface area contributed by atoms with E-state index >= 15 is 0 Å². The normalized spacial score (nSPS) is 31.4. The van der Waals surface area contributed by atoms with Crippen molar-refractivity contribution in [3.05, 3.63) is 24.8 Å². The molecule has 0 saturated heterocycles. The highest BCUT2D eigenvalue weighted by Crippen LogP contribution is 2.26. The van der Waals surface area contributed by atoms with Crippen LogP contribution in [0.15, 0.2) is 24.8 Å². The van der Waals surface area contributed by atoms with Crippen molar-refractivity contribution in [2.75, 3.05) is 0 Å². The molecule has 0 radical (unpaired) electrons. The van der Waals surface area contributed by atoms with Crippen LogP contribution < -0.4 is 0 Å². The van der Waals surface area contributed by atoms with Crippen molar-refractivity contribution < 1.29 is 5.11 Å². The molecular formula is C10H16O. The molecule has 1 rings (SSSR count). The van der Waals surface area contributed by atoms with Gasteiger partial charge in [0, 0.05) is 0 Å². The first-order chi connectivity index (χ1) is 5.27. The molecule has 0 bridgehead atoms. The van der Waals surface area contributed by atoms with Crippen molar-refractivity contribution in [1.29, 1.82) is 0 Å². The molecule has 11 heavy (non-hydrogen) atoms. The van der Waals surface area contributed by atoms with Crippen molar-refractivity contribution in [2.45, 2.75) is 37.7 Å². The fourth-order valence-corrected chi connectivity index (χ4v) is 1.53. The molecule has 0 aromatic carbocycles. The van der Waals surface area contributed by atoms with Crippen molar-refractivity contribution in [3.63, 3.8) is 0 Å². The van der Waals surface area contributed by atoms with Gasteiger partial charge in [-0.25, -0.2) is 0 Å². The quantitative estimate of drug-likeness (QED) is 0.602. The van der Waals surface area contributed by atoms with E-state index in [2.05, 4.69) is 18.7 Å². The highest BCUT2D eigenvalue weighted by Gasteiger charge is 2.23. The van der Waals surface area contributed by atoms with Crippen LogP contribution in [0, 0.1) is 0 Å². The summed E-state index contributed by atoms with van der Waals surface area (Å²) in [6.07, 6.45) is 10.7. The Kier molecular flexibility index (Phi) is 2.89. The van der Waals surface area contributed by atoms with Crippen LogP contribution in [0.1, 0.15) is 32.1 Å². The third kappa shape index (κ3) is 2.51. The van der Waals surface area contributed by atoms with Crippen LogP contribution in [-0.2, 0) is 0 Å². The zero-order valence-corrected chi connectivity index (χ0v) is 6.92. The molecule has 1 unspecified atom stereocenters. The second-order valence-electron chi connectivity index (χ2n) is 3.28. The van der Waals surface area contributed by atoms with Crippen molar-refractivity contribution in [1.82, 2.24) is 0 Å². The number of hydrogen-bond donors (Lipinski definition) is 1. The third-order valence-corrected chi connectivity index (χ3v) is 2.20. The van der Waals surface area contributed by atoms with Crippen LogP contribution in [0.3, 0.4) is 0 Å². The maximum absolute atomic E-state index is 9.93. The van der Waals surface area contributed by atoms with Crippen LogP contribution in [0.2, 0.25) is 0 Å². The third-order valence-electron chi connectivity index (χ3n) is 2.20. The fraction of sp³-hybridized carbons (Fsp3) is 0.600. The predicted molar refractivity (Wildman–Crippen MR) is 47.4 cm³/mol. The molecule has 0 amide bonds. The lowest BCUT2D eigenvalue weighted by atomic mass is 9.91. The first kappa shape index (κ1) is 8.54. The molecule has 1 N–H and O–H groups in total. The lowest BCUT2D eigenvalue weighted by Gasteiger charge is -2.23. The Morgan fingerprint density at radius 2 is 2.36 bits per heavy atom. The van der Waals surface area contributed by atoms with Gasteiger partial charge in [0.15, 0.2) is 0 Å². The van der Waals surface area contributed by atoms with E-state index in [1.54, 1.807) is 6.08 Å². The van der Waals surface area contributed by atoms with Crippen molar-refractivity contribution in [3.8, 4) is 0 Å². The average molecular weight is 152 g/mol. The predicted octanol–water partition coefficient (Wildman–Crippen LogP) is 2.42. The van der Waals surface area contributed by atoms with Gasteiger partial charge in [0.2, 0.25) is 0 Å². The van der Waals surface area contributed by atoms with Crippen LogP contribution in [0.25, 0.3) is 0 Å². The van der Waals surface area contributed by atoms with Gasteiger partial charge in [0.05, 0.1) is 5.60 Å². The Balaban J connectivity index is 2.52. The maximum atomic E-state index is 9.93. The zero-order chi connectivity index (χ0) is 8.16. The van der Waals surface area contributed by atoms with E-state index in [-0.39, 0.29) is 0 Å². The largest absolute Gasteiger partial charge is 0.389 e. The standard InChI is InChI=1S/C10H16O/c1-2-7-10(11)8-5-3-4-6-9-10/h2-3,5,11H,1,4,6-9H2. The van der Waals surface area contributed by atoms with Gasteiger partial charge in [-0.15, -0.1) is 6.58 Å². The van der Waals surface area contributed by atoms with Gasteiger partial charge in [-0.1, -0.05) is 18.2 Å². The summed E-state index contributed by atoms with van der Waals surface area (Å²) >= 11 is 0. The summed E-state index contributed by atoms with van der Waals surface area (Å²) in [5.74, 6) is 0. The van der Waals surface area contributed by atoms with Gasteiger partial charge in [0.25, 0.3) is 0 Å². The summed E-state index contributed by atoms with van der Waals surface area (Å²) in [5, 5.41) is 9.93. The molecule has 0 aromatic rings. The maximum Gasteiger partial charge on any atom is 0.0716 e. The molecular weight excluding hydrogens is 136 g/mol. The van der Waals surface area contributed by atoms with E-state index in [1.807, 2.05) is 0 Å². The van der Waals surface area contributed by atoms with Crippen LogP contribution in [0.4, 0.5) is 0 Å². The lowest BCUT2D eigenvalue weighted by Crippen LogP contribution is -2.26. The minimum Gasteiger partial charge on any atom is -0.389 e. The average Bonchev–Trinajstić information content (AvgIpc) is 2.15. The SMILES string of the molecule is C=CCC1(O)CC=CCCC1. The Morgan fingerprint density at radius 3 is 3.09 bits per heavy atom. The first-order valence-electron chi connectivity index (χ1n) is 4.25. The molecule has 0 saturated carbocycles. The van der Waals surface area contributed by atoms with E-state index in [4.69, 9.17) is 0 Å². The molecule has 1 nitrogen and oxygen atoms in total. The lowest BCUT2D eigenvalue weighted by molar-refractivity contribution is 0.0375. The summed E-state index contributed by atoms with van der Waals surface area (Å²) in [7, 11) is 0. The fourth-order valence-electron chi connectivity index (χ4n) is 1.53. The van der Waals surface area contributed by atoms with Gasteiger partial charge in [0.1, 0.15) is 0 Å². The molecule has 1 heteroatoms. The molecule has 62 valence electrons. The topological polar surface area (TPSA) is 20.2 Å². The summed E-state index contributed by atoms with van der Waals surface area (Å²) in [6.45, 7) is 3.65. The summed E-state index contributed by atoms with van der Waals surface area (Å²) in [4.78, 5) is 0. The molecule has 0 aromatic heterocycles. The van der Waals surface area contributed by atoms with Crippen LogP contribution >= 0.6 is 0 Å². The summed E-state index contributed by atoms with van der Waals surface area (Å²) in [6, 6.07) is 0. The Bertz CT molecular complexity index is 160. The molecule has 1 aliphatic carbocycles. The molecule has 0 heterocycles. The summed E-state index contributed by atoms with van der Waals surface area (Å²) in [5.41, 5.74) is -0.491. The van der Waals surface area contributed by atoms with Crippen molar-refractivity contribution in [2.24, 2.45) is 0 Å². The molecule has 0 aliphatic heterocycles. The Morgan fingerprint density at radius 1 is 1.55 bits per heavy atom. The van der Waals surface area contributed by atoms with Crippen LogP contribution in [-0.4, -0.2) is 10.7 Å². The first-order valence-corrected chi connectivity index (χ1v) is 4.25. The van der Waals surface area contributed by atoms with E-state index in [9.17, 15) is 5.11 Å². The molecule has 0 fully saturated rings. The van der Waals surface area contributed by atoms with Crippen molar-refractivity contribution >= 4 is 0 Å². The van der Waals surface area contributed by atoms with Crippen LogP contribution in [0.5, 0.6) is 0 Å². The number of allylic oxidation sites excluding steroid dienone is 1. The monoisotopic (exact) mass is 152 g/mol. The van der Waals surface area contributed by atoms with E-state index in [1.165, 1.54) is 0 Å². The van der Waals surface area contributed by atoms with Gasteiger partial charge >= 0.3 is 0 Å². The highest BCUT2D eigenvalue weighted by atomic mass is 16.3. The molecule has 0 spiro atoms. The van der Waals surface area contributed by atoms with Gasteiger partial charge in [-0.3, -0.25) is 0 Å². The minimum absolute atomic E-state index is 0.491. The highest BCUT2D eigenvalue weighted by molar-refractivity contribution is 4.98. The number of hydrogen-bond acceptors (Lipinski definition) is 1. The zero-order valence-electron chi connectivity index (χ0n) is 6.92. The smallest absolute Gasteiger partial charge is 0.0716 e. The van der Waals surface area contributed by atoms with Gasteiger partial charge in [-0.2, -0.15) is 0 Å². The van der Waals surface area contributed by atoms with E-state index in [0.29, 0.717) is 0 Å². The Hall–Kier alpha value is -0.560. The summed E-state index contributed by atoms with van der Waals surface area (Å²) < 4.78 is 0. The number of aliphatic hydroxyl groups is 1.